The number of carbonyl (C=O) groups excluding carboxylic acids is 1. The molecule has 0 radical (unpaired) electrons. The molecular weight excluding hydrogens is 604 g/mol. The van der Waals surface area contributed by atoms with E-state index in [0.717, 1.165) is 38.9 Å². The van der Waals surface area contributed by atoms with Crippen LogP contribution in [0, 0.1) is 13.8 Å². The number of rotatable bonds is 8. The SMILES string of the molecule is CC[C@@H]1CN(Cc2cc(/C(=C/C(=O)Nc3ccnnc3)c3ccc4c(nnn4CC)c3C)ccc2C)S(O)(O)c2cccnc2O1. The number of anilines is 1. The van der Waals surface area contributed by atoms with Crippen molar-refractivity contribution in [2.45, 2.75) is 58.2 Å². The normalized spacial score (nSPS) is 17.2. The molecule has 0 saturated carbocycles. The van der Waals surface area contributed by atoms with Gasteiger partial charge in [-0.3, -0.25) is 13.9 Å². The number of hydrogen-bond donors (Lipinski definition) is 3. The third kappa shape index (κ3) is 6.09. The predicted molar refractivity (Wildman–Crippen MR) is 177 cm³/mol. The lowest BCUT2D eigenvalue weighted by Crippen LogP contribution is -2.34. The maximum Gasteiger partial charge on any atom is 0.249 e. The molecule has 1 amide bonds. The molecule has 0 bridgehead atoms. The molecule has 46 heavy (non-hydrogen) atoms. The average Bonchev–Trinajstić information content (AvgIpc) is 3.45. The van der Waals surface area contributed by atoms with Crippen LogP contribution >= 0.6 is 10.8 Å². The molecule has 6 rings (SSSR count). The number of pyridine rings is 1. The minimum Gasteiger partial charge on any atom is -0.472 e. The van der Waals surface area contributed by atoms with Crippen molar-refractivity contribution in [3.05, 3.63) is 101 Å². The Kier molecular flexibility index (Phi) is 8.82. The molecule has 13 heteroatoms. The van der Waals surface area contributed by atoms with Crippen LogP contribution in [0.4, 0.5) is 5.69 Å². The van der Waals surface area contributed by atoms with Gasteiger partial charge in [0.1, 0.15) is 16.5 Å². The maximum absolute atomic E-state index is 13.4. The van der Waals surface area contributed by atoms with Crippen LogP contribution < -0.4 is 10.1 Å². The maximum atomic E-state index is 13.4. The molecule has 5 aromatic rings. The molecule has 0 spiro atoms. The van der Waals surface area contributed by atoms with Gasteiger partial charge in [-0.25, -0.2) is 9.67 Å². The molecule has 0 fully saturated rings. The zero-order valence-electron chi connectivity index (χ0n) is 26.1. The molecule has 238 valence electrons. The number of aryl methyl sites for hydroxylation is 3. The summed E-state index contributed by atoms with van der Waals surface area (Å²) in [6.07, 6.45) is 6.53. The van der Waals surface area contributed by atoms with Crippen molar-refractivity contribution < 1.29 is 18.6 Å². The number of benzene rings is 2. The number of amides is 1. The van der Waals surface area contributed by atoms with E-state index in [1.807, 2.05) is 62.7 Å². The quantitative estimate of drug-likeness (QED) is 0.172. The lowest BCUT2D eigenvalue weighted by molar-refractivity contribution is -0.111. The molecule has 3 aromatic heterocycles. The van der Waals surface area contributed by atoms with Gasteiger partial charge in [0.2, 0.25) is 11.8 Å². The molecule has 1 aliphatic rings. The summed E-state index contributed by atoms with van der Waals surface area (Å²) in [7, 11) is -3.41. The molecule has 1 atom stereocenters. The summed E-state index contributed by atoms with van der Waals surface area (Å²) in [5.41, 5.74) is 7.20. The van der Waals surface area contributed by atoms with E-state index in [4.69, 9.17) is 4.74 Å². The Balaban J connectivity index is 1.43. The van der Waals surface area contributed by atoms with Gasteiger partial charge in [-0.2, -0.15) is 14.5 Å². The molecule has 1 aliphatic heterocycles. The van der Waals surface area contributed by atoms with E-state index in [1.54, 1.807) is 34.8 Å². The average molecular weight is 641 g/mol. The highest BCUT2D eigenvalue weighted by molar-refractivity contribution is 8.22. The first-order valence-corrected chi connectivity index (χ1v) is 16.6. The molecule has 0 unspecified atom stereocenters. The van der Waals surface area contributed by atoms with E-state index < -0.39 is 10.8 Å². The summed E-state index contributed by atoms with van der Waals surface area (Å²) in [5.74, 6) is -0.0931. The number of nitrogens with one attached hydrogen (secondary N) is 1. The van der Waals surface area contributed by atoms with Crippen LogP contribution in [-0.2, 0) is 17.9 Å². The topological polar surface area (TPSA) is 151 Å². The highest BCUT2D eigenvalue weighted by Crippen LogP contribution is 2.57. The second kappa shape index (κ2) is 13.0. The third-order valence-electron chi connectivity index (χ3n) is 8.20. The van der Waals surface area contributed by atoms with E-state index >= 15 is 0 Å². The Bertz CT molecular complexity index is 1930. The molecule has 12 nitrogen and oxygen atoms in total. The minimum atomic E-state index is -3.41. The molecule has 0 aliphatic carbocycles. The summed E-state index contributed by atoms with van der Waals surface area (Å²) in [6.45, 7) is 9.19. The van der Waals surface area contributed by atoms with Crippen LogP contribution in [0.15, 0.2) is 78.1 Å². The van der Waals surface area contributed by atoms with Crippen molar-refractivity contribution in [1.29, 1.82) is 0 Å². The van der Waals surface area contributed by atoms with E-state index in [1.165, 1.54) is 12.4 Å². The van der Waals surface area contributed by atoms with E-state index in [9.17, 15) is 13.9 Å². The molecular formula is C33H36N8O4S. The number of hydrogen-bond acceptors (Lipinski definition) is 10. The number of carbonyl (C=O) groups is 1. The first-order valence-electron chi connectivity index (χ1n) is 15.1. The van der Waals surface area contributed by atoms with Gasteiger partial charge in [0.05, 0.1) is 30.1 Å². The summed E-state index contributed by atoms with van der Waals surface area (Å²) >= 11 is 0. The second-order valence-electron chi connectivity index (χ2n) is 11.1. The number of nitrogens with zero attached hydrogens (tertiary/aromatic N) is 7. The smallest absolute Gasteiger partial charge is 0.249 e. The van der Waals surface area contributed by atoms with Gasteiger partial charge >= 0.3 is 0 Å². The Labute approximate surface area is 268 Å². The summed E-state index contributed by atoms with van der Waals surface area (Å²) in [5, 5.41) is 19.2. The summed E-state index contributed by atoms with van der Waals surface area (Å²) in [4.78, 5) is 18.0. The predicted octanol–water partition coefficient (Wildman–Crippen LogP) is 6.02. The summed E-state index contributed by atoms with van der Waals surface area (Å²) in [6, 6.07) is 14.9. The van der Waals surface area contributed by atoms with Crippen molar-refractivity contribution >= 4 is 39.0 Å². The van der Waals surface area contributed by atoms with E-state index in [2.05, 4.69) is 30.8 Å². The van der Waals surface area contributed by atoms with Crippen molar-refractivity contribution in [1.82, 2.24) is 34.5 Å². The van der Waals surface area contributed by atoms with Crippen LogP contribution in [0.2, 0.25) is 0 Å². The van der Waals surface area contributed by atoms with E-state index in [0.29, 0.717) is 30.8 Å². The van der Waals surface area contributed by atoms with Crippen LogP contribution in [0.5, 0.6) is 5.88 Å². The summed E-state index contributed by atoms with van der Waals surface area (Å²) < 4.78 is 32.7. The van der Waals surface area contributed by atoms with Gasteiger partial charge in [-0.05, 0) is 90.9 Å². The fraction of sp³-hybridized carbons (Fsp3) is 0.273. The van der Waals surface area contributed by atoms with Crippen molar-refractivity contribution in [3.63, 3.8) is 0 Å². The number of fused-ring (bicyclic) bond motifs is 2. The van der Waals surface area contributed by atoms with Crippen molar-refractivity contribution in [2.24, 2.45) is 0 Å². The second-order valence-corrected chi connectivity index (χ2v) is 13.1. The zero-order chi connectivity index (χ0) is 32.4. The van der Waals surface area contributed by atoms with Gasteiger partial charge in [0.25, 0.3) is 0 Å². The van der Waals surface area contributed by atoms with Gasteiger partial charge in [-0.15, -0.1) is 15.9 Å². The van der Waals surface area contributed by atoms with Gasteiger partial charge in [0.15, 0.2) is 0 Å². The fourth-order valence-corrected chi connectivity index (χ4v) is 7.16. The van der Waals surface area contributed by atoms with Crippen molar-refractivity contribution in [3.8, 4) is 5.88 Å². The van der Waals surface area contributed by atoms with Crippen LogP contribution in [-0.4, -0.2) is 62.1 Å². The van der Waals surface area contributed by atoms with Crippen LogP contribution in [0.25, 0.3) is 16.6 Å². The lowest BCUT2D eigenvalue weighted by Gasteiger charge is -2.41. The Morgan fingerprint density at radius 3 is 2.72 bits per heavy atom. The van der Waals surface area contributed by atoms with Crippen molar-refractivity contribution in [2.75, 3.05) is 11.9 Å². The van der Waals surface area contributed by atoms with Crippen LogP contribution in [0.3, 0.4) is 0 Å². The van der Waals surface area contributed by atoms with Crippen LogP contribution in [0.1, 0.15) is 48.1 Å². The van der Waals surface area contributed by atoms with Gasteiger partial charge < -0.3 is 10.1 Å². The zero-order valence-corrected chi connectivity index (χ0v) is 26.9. The number of aromatic nitrogens is 6. The first kappa shape index (κ1) is 31.3. The fourth-order valence-electron chi connectivity index (χ4n) is 5.59. The number of ether oxygens (including phenoxy) is 1. The molecule has 0 saturated heterocycles. The third-order valence-corrected chi connectivity index (χ3v) is 10.1. The first-order chi connectivity index (χ1) is 22.2. The lowest BCUT2D eigenvalue weighted by atomic mass is 9.91. The monoisotopic (exact) mass is 640 g/mol. The van der Waals surface area contributed by atoms with Gasteiger partial charge in [-0.1, -0.05) is 30.3 Å². The highest BCUT2D eigenvalue weighted by atomic mass is 32.3. The largest absolute Gasteiger partial charge is 0.472 e. The van der Waals surface area contributed by atoms with E-state index in [-0.39, 0.29) is 29.3 Å². The molecule has 2 aromatic carbocycles. The van der Waals surface area contributed by atoms with Gasteiger partial charge in [0, 0.05) is 25.4 Å². The Hall–Kier alpha value is -4.69. The Morgan fingerprint density at radius 2 is 1.96 bits per heavy atom. The highest BCUT2D eigenvalue weighted by Gasteiger charge is 2.35. The minimum absolute atomic E-state index is 0.237. The Morgan fingerprint density at radius 1 is 1.11 bits per heavy atom. The standard InChI is InChI=1S/C33H36N8O4S/c1-5-26-20-40(46(43,44)30-8-7-14-34-33(30)45-26)19-24-16-23(10-9-21(24)3)28(17-31(42)37-25-13-15-35-36-18-25)27-11-12-29-32(22(27)4)38-39-41(29)6-2/h7-18,26,43-44H,5-6,19-20H2,1-4H3,(H,35,37,42)/b28-17-/t26-/m1/s1. The molecule has 3 N–H and O–H groups in total. The molecule has 4 heterocycles.